The molecule has 0 saturated heterocycles. The molecule has 0 fully saturated rings. The van der Waals surface area contributed by atoms with Gasteiger partial charge in [0.1, 0.15) is 0 Å². The molecule has 1 amide bonds. The molecule has 2 aromatic carbocycles. The maximum atomic E-state index is 12.2. The van der Waals surface area contributed by atoms with Crippen molar-refractivity contribution in [2.24, 2.45) is 0 Å². The van der Waals surface area contributed by atoms with Crippen molar-refractivity contribution in [3.8, 4) is 0 Å². The number of amides is 1. The van der Waals surface area contributed by atoms with Gasteiger partial charge in [0.15, 0.2) is 0 Å². The minimum atomic E-state index is -0.123. The molecule has 4 heteroatoms. The van der Waals surface area contributed by atoms with E-state index in [0.29, 0.717) is 5.56 Å². The van der Waals surface area contributed by atoms with Gasteiger partial charge in [0, 0.05) is 22.8 Å². The number of aryl methyl sites for hydroxylation is 1. The van der Waals surface area contributed by atoms with Gasteiger partial charge < -0.3 is 10.6 Å². The van der Waals surface area contributed by atoms with Crippen LogP contribution in [0, 0.1) is 6.92 Å². The third kappa shape index (κ3) is 3.35. The highest BCUT2D eigenvalue weighted by atomic mass is 79.9. The van der Waals surface area contributed by atoms with Gasteiger partial charge in [0.05, 0.1) is 5.69 Å². The van der Waals surface area contributed by atoms with E-state index in [4.69, 9.17) is 0 Å². The number of nitrogens with one attached hydrogen (secondary N) is 2. The zero-order valence-electron chi connectivity index (χ0n) is 10.8. The Morgan fingerprint density at radius 2 is 1.95 bits per heavy atom. The molecule has 0 aliphatic carbocycles. The van der Waals surface area contributed by atoms with E-state index in [1.54, 1.807) is 6.07 Å². The zero-order valence-corrected chi connectivity index (χ0v) is 12.4. The summed E-state index contributed by atoms with van der Waals surface area (Å²) in [4.78, 5) is 12.2. The van der Waals surface area contributed by atoms with Crippen molar-refractivity contribution in [3.63, 3.8) is 0 Å². The highest BCUT2D eigenvalue weighted by Gasteiger charge is 2.08. The quantitative estimate of drug-likeness (QED) is 0.896. The second-order valence-electron chi connectivity index (χ2n) is 4.27. The van der Waals surface area contributed by atoms with E-state index < -0.39 is 0 Å². The van der Waals surface area contributed by atoms with Gasteiger partial charge in [0.2, 0.25) is 0 Å². The number of benzene rings is 2. The number of carbonyl (C=O) groups is 1. The molecule has 0 aliphatic heterocycles. The maximum absolute atomic E-state index is 12.2. The number of hydrogen-bond acceptors (Lipinski definition) is 2. The molecule has 0 heterocycles. The summed E-state index contributed by atoms with van der Waals surface area (Å²) in [6, 6.07) is 13.2. The van der Waals surface area contributed by atoms with Crippen molar-refractivity contribution in [1.29, 1.82) is 0 Å². The summed E-state index contributed by atoms with van der Waals surface area (Å²) in [5.41, 5.74) is 3.45. The fourth-order valence-corrected chi connectivity index (χ4v) is 2.32. The van der Waals surface area contributed by atoms with Gasteiger partial charge in [-0.3, -0.25) is 4.79 Å². The third-order valence-corrected chi connectivity index (χ3v) is 3.44. The van der Waals surface area contributed by atoms with Crippen molar-refractivity contribution in [2.75, 3.05) is 17.7 Å². The van der Waals surface area contributed by atoms with E-state index >= 15 is 0 Å². The average Bonchev–Trinajstić information content (AvgIpc) is 2.42. The van der Waals surface area contributed by atoms with Crippen molar-refractivity contribution in [1.82, 2.24) is 0 Å². The van der Waals surface area contributed by atoms with Crippen LogP contribution in [0.5, 0.6) is 0 Å². The van der Waals surface area contributed by atoms with E-state index in [-0.39, 0.29) is 5.91 Å². The number of carbonyl (C=O) groups excluding carboxylic acids is 1. The van der Waals surface area contributed by atoms with Gasteiger partial charge in [-0.05, 0) is 58.7 Å². The lowest BCUT2D eigenvalue weighted by molar-refractivity contribution is 0.102. The Morgan fingerprint density at radius 1 is 1.16 bits per heavy atom. The van der Waals surface area contributed by atoms with Crippen molar-refractivity contribution >= 4 is 33.2 Å². The smallest absolute Gasteiger partial charge is 0.255 e. The summed E-state index contributed by atoms with van der Waals surface area (Å²) in [6.45, 7) is 2.01. The molecule has 2 aromatic rings. The first-order chi connectivity index (χ1) is 9.10. The van der Waals surface area contributed by atoms with E-state index in [1.165, 1.54) is 0 Å². The lowest BCUT2D eigenvalue weighted by Gasteiger charge is -2.09. The molecule has 0 spiro atoms. The lowest BCUT2D eigenvalue weighted by Crippen LogP contribution is -2.12. The minimum Gasteiger partial charge on any atom is -0.388 e. The Morgan fingerprint density at radius 3 is 2.63 bits per heavy atom. The molecule has 0 unspecified atom stereocenters. The summed E-state index contributed by atoms with van der Waals surface area (Å²) < 4.78 is 0.880. The molecular formula is C15H15BrN2O. The monoisotopic (exact) mass is 318 g/mol. The first kappa shape index (κ1) is 13.6. The van der Waals surface area contributed by atoms with Gasteiger partial charge in [0.25, 0.3) is 5.91 Å². The molecule has 0 aliphatic rings. The molecule has 2 N–H and O–H groups in total. The predicted molar refractivity (Wildman–Crippen MR) is 82.8 cm³/mol. The van der Waals surface area contributed by atoms with Crippen molar-refractivity contribution < 1.29 is 4.79 Å². The molecule has 3 nitrogen and oxygen atoms in total. The van der Waals surface area contributed by atoms with Gasteiger partial charge in [-0.25, -0.2) is 0 Å². The van der Waals surface area contributed by atoms with Crippen LogP contribution < -0.4 is 10.6 Å². The van der Waals surface area contributed by atoms with Crippen LogP contribution in [0.25, 0.3) is 0 Å². The molecule has 2 rings (SSSR count). The molecule has 19 heavy (non-hydrogen) atoms. The van der Waals surface area contributed by atoms with Crippen molar-refractivity contribution in [3.05, 3.63) is 58.1 Å². The number of halogens is 1. The largest absolute Gasteiger partial charge is 0.388 e. The average molecular weight is 319 g/mol. The van der Waals surface area contributed by atoms with E-state index in [2.05, 4.69) is 26.6 Å². The van der Waals surface area contributed by atoms with Gasteiger partial charge in [-0.2, -0.15) is 0 Å². The summed E-state index contributed by atoms with van der Waals surface area (Å²) in [6.07, 6.45) is 0. The van der Waals surface area contributed by atoms with Crippen LogP contribution in [0.1, 0.15) is 15.9 Å². The fraction of sp³-hybridized carbons (Fsp3) is 0.133. The summed E-state index contributed by atoms with van der Waals surface area (Å²) in [5.74, 6) is -0.123. The van der Waals surface area contributed by atoms with E-state index in [1.807, 2.05) is 50.4 Å². The van der Waals surface area contributed by atoms with Gasteiger partial charge in [-0.15, -0.1) is 0 Å². The summed E-state index contributed by atoms with van der Waals surface area (Å²) in [5, 5.41) is 5.91. The number of rotatable bonds is 3. The van der Waals surface area contributed by atoms with Crippen LogP contribution in [-0.2, 0) is 0 Å². The second-order valence-corrected chi connectivity index (χ2v) is 5.12. The highest BCUT2D eigenvalue weighted by Crippen LogP contribution is 2.24. The molecule has 98 valence electrons. The fourth-order valence-electron chi connectivity index (χ4n) is 1.73. The van der Waals surface area contributed by atoms with Crippen LogP contribution in [0.3, 0.4) is 0 Å². The second kappa shape index (κ2) is 5.89. The van der Waals surface area contributed by atoms with Gasteiger partial charge >= 0.3 is 0 Å². The van der Waals surface area contributed by atoms with Crippen LogP contribution in [0.2, 0.25) is 0 Å². The normalized spacial score (nSPS) is 10.1. The Labute approximate surface area is 121 Å². The Kier molecular flexibility index (Phi) is 4.22. The Bertz CT molecular complexity index is 611. The van der Waals surface area contributed by atoms with Crippen molar-refractivity contribution in [2.45, 2.75) is 6.92 Å². The van der Waals surface area contributed by atoms with Gasteiger partial charge in [-0.1, -0.05) is 12.1 Å². The summed E-state index contributed by atoms with van der Waals surface area (Å²) in [7, 11) is 1.83. The van der Waals surface area contributed by atoms with Crippen LogP contribution in [0.4, 0.5) is 11.4 Å². The molecule has 0 atom stereocenters. The topological polar surface area (TPSA) is 41.1 Å². The van der Waals surface area contributed by atoms with Crippen LogP contribution in [-0.4, -0.2) is 13.0 Å². The van der Waals surface area contributed by atoms with Crippen LogP contribution >= 0.6 is 15.9 Å². The maximum Gasteiger partial charge on any atom is 0.255 e. The minimum absolute atomic E-state index is 0.123. The molecule has 0 saturated carbocycles. The molecule has 0 radical (unpaired) electrons. The standard InChI is InChI=1S/C15H15BrN2O/c1-10-6-7-14(13(16)8-10)18-15(19)11-4-3-5-12(9-11)17-2/h3-9,17H,1-2H3,(H,18,19). The lowest BCUT2D eigenvalue weighted by atomic mass is 10.1. The Hall–Kier alpha value is -1.81. The third-order valence-electron chi connectivity index (χ3n) is 2.79. The van der Waals surface area contributed by atoms with Crippen LogP contribution in [0.15, 0.2) is 46.9 Å². The molecule has 0 bridgehead atoms. The Balaban J connectivity index is 2.20. The SMILES string of the molecule is CNc1cccc(C(=O)Nc2ccc(C)cc2Br)c1. The first-order valence-corrected chi connectivity index (χ1v) is 6.75. The molecular weight excluding hydrogens is 304 g/mol. The zero-order chi connectivity index (χ0) is 13.8. The number of hydrogen-bond donors (Lipinski definition) is 2. The van der Waals surface area contributed by atoms with E-state index in [9.17, 15) is 4.79 Å². The summed E-state index contributed by atoms with van der Waals surface area (Å²) >= 11 is 3.45. The van der Waals surface area contributed by atoms with E-state index in [0.717, 1.165) is 21.4 Å². The highest BCUT2D eigenvalue weighted by molar-refractivity contribution is 9.10. The molecule has 0 aromatic heterocycles. The first-order valence-electron chi connectivity index (χ1n) is 5.95. The predicted octanol–water partition coefficient (Wildman–Crippen LogP) is 4.05. The number of anilines is 2.